The molecule has 0 unspecified atom stereocenters. The molecule has 0 radical (unpaired) electrons. The number of nitrogens with one attached hydrogen (secondary N) is 1. The van der Waals surface area contributed by atoms with E-state index >= 15 is 0 Å². The lowest BCUT2D eigenvalue weighted by molar-refractivity contribution is 0.0942. The van der Waals surface area contributed by atoms with E-state index in [9.17, 15) is 4.79 Å². The number of rotatable bonds is 6. The molecule has 1 N–H and O–H groups in total. The Kier molecular flexibility index (Phi) is 6.77. The molecule has 0 bridgehead atoms. The number of aryl methyl sites for hydroxylation is 1. The van der Waals surface area contributed by atoms with Gasteiger partial charge in [-0.25, -0.2) is 0 Å². The highest BCUT2D eigenvalue weighted by Crippen LogP contribution is 2.15. The minimum atomic E-state index is 0.0263. The van der Waals surface area contributed by atoms with Crippen LogP contribution in [-0.4, -0.2) is 41.6 Å². The third kappa shape index (κ3) is 5.15. The normalized spacial score (nSPS) is 16.7. The summed E-state index contributed by atoms with van der Waals surface area (Å²) in [5.41, 5.74) is 0.735. The maximum atomic E-state index is 12.2. The van der Waals surface area contributed by atoms with Gasteiger partial charge in [0.2, 0.25) is 0 Å². The highest BCUT2D eigenvalue weighted by molar-refractivity contribution is 9.10. The summed E-state index contributed by atoms with van der Waals surface area (Å²) in [5, 5.41) is 3.03. The predicted octanol–water partition coefficient (Wildman–Crippen LogP) is 3.27. The van der Waals surface area contributed by atoms with Crippen LogP contribution in [0.25, 0.3) is 0 Å². The molecule has 1 saturated heterocycles. The summed E-state index contributed by atoms with van der Waals surface area (Å²) in [6, 6.07) is 1.88. The van der Waals surface area contributed by atoms with Crippen molar-refractivity contribution in [1.29, 1.82) is 0 Å². The molecular weight excluding hydrogens is 330 g/mol. The molecule has 118 valence electrons. The molecule has 0 aromatic carbocycles. The van der Waals surface area contributed by atoms with Crippen LogP contribution in [0.1, 0.15) is 49.5 Å². The second-order valence-corrected chi connectivity index (χ2v) is 6.61. The van der Waals surface area contributed by atoms with Gasteiger partial charge in [-0.3, -0.25) is 4.79 Å². The Morgan fingerprint density at radius 1 is 1.29 bits per heavy atom. The molecule has 0 spiro atoms. The molecule has 1 amide bonds. The third-order valence-corrected chi connectivity index (χ3v) is 4.51. The number of carbonyl (C=O) groups is 1. The highest BCUT2D eigenvalue weighted by Gasteiger charge is 2.12. The quantitative estimate of drug-likeness (QED) is 0.795. The minimum Gasteiger partial charge on any atom is -0.351 e. The average Bonchev–Trinajstić information content (AvgIpc) is 2.69. The van der Waals surface area contributed by atoms with Gasteiger partial charge in [-0.1, -0.05) is 12.8 Å². The first-order valence-corrected chi connectivity index (χ1v) is 8.86. The first-order chi connectivity index (χ1) is 10.2. The molecule has 1 fully saturated rings. The maximum absolute atomic E-state index is 12.2. The van der Waals surface area contributed by atoms with E-state index in [0.29, 0.717) is 0 Å². The van der Waals surface area contributed by atoms with E-state index in [2.05, 4.69) is 26.1 Å². The van der Waals surface area contributed by atoms with Crippen molar-refractivity contribution in [2.75, 3.05) is 26.2 Å². The molecule has 4 nitrogen and oxygen atoms in total. The third-order valence-electron chi connectivity index (χ3n) is 4.07. The van der Waals surface area contributed by atoms with Crippen LogP contribution in [0, 0.1) is 0 Å². The second-order valence-electron chi connectivity index (χ2n) is 5.69. The van der Waals surface area contributed by atoms with E-state index in [1.807, 2.05) is 23.8 Å². The van der Waals surface area contributed by atoms with Gasteiger partial charge in [0.05, 0.1) is 0 Å². The minimum absolute atomic E-state index is 0.0263. The molecule has 2 heterocycles. The van der Waals surface area contributed by atoms with Crippen LogP contribution in [0.3, 0.4) is 0 Å². The molecule has 1 aromatic heterocycles. The van der Waals surface area contributed by atoms with Crippen LogP contribution < -0.4 is 5.32 Å². The molecule has 0 saturated carbocycles. The number of nitrogens with zero attached hydrogens (tertiary/aromatic N) is 2. The fraction of sp³-hybridized carbons (Fsp3) is 0.688. The number of carbonyl (C=O) groups excluding carboxylic acids is 1. The first kappa shape index (κ1) is 16.6. The van der Waals surface area contributed by atoms with Gasteiger partial charge in [-0.2, -0.15) is 0 Å². The molecule has 5 heteroatoms. The summed E-state index contributed by atoms with van der Waals surface area (Å²) in [6.45, 7) is 7.14. The molecule has 1 aliphatic heterocycles. The Bertz CT molecular complexity index is 450. The maximum Gasteiger partial charge on any atom is 0.267 e. The summed E-state index contributed by atoms with van der Waals surface area (Å²) >= 11 is 3.43. The van der Waals surface area contributed by atoms with Gasteiger partial charge >= 0.3 is 0 Å². The lowest BCUT2D eigenvalue weighted by atomic mass is 10.2. The topological polar surface area (TPSA) is 37.3 Å². The lowest BCUT2D eigenvalue weighted by Gasteiger charge is -2.19. The van der Waals surface area contributed by atoms with Crippen molar-refractivity contribution in [2.24, 2.45) is 0 Å². The predicted molar refractivity (Wildman–Crippen MR) is 89.7 cm³/mol. The van der Waals surface area contributed by atoms with Gasteiger partial charge in [0.15, 0.2) is 0 Å². The molecule has 2 rings (SSSR count). The van der Waals surface area contributed by atoms with E-state index in [1.54, 1.807) is 0 Å². The summed E-state index contributed by atoms with van der Waals surface area (Å²) in [7, 11) is 0. The lowest BCUT2D eigenvalue weighted by Crippen LogP contribution is -2.31. The molecule has 1 aromatic rings. The summed E-state index contributed by atoms with van der Waals surface area (Å²) in [6.07, 6.45) is 8.37. The number of likely N-dealkylation sites (tertiary alicyclic amines) is 1. The smallest absolute Gasteiger partial charge is 0.267 e. The summed E-state index contributed by atoms with van der Waals surface area (Å²) < 4.78 is 2.92. The zero-order chi connectivity index (χ0) is 15.1. The zero-order valence-corrected chi connectivity index (χ0v) is 14.5. The van der Waals surface area contributed by atoms with Crippen LogP contribution in [-0.2, 0) is 6.54 Å². The first-order valence-electron chi connectivity index (χ1n) is 8.07. The highest BCUT2D eigenvalue weighted by atomic mass is 79.9. The van der Waals surface area contributed by atoms with Gasteiger partial charge in [0.1, 0.15) is 5.69 Å². The number of amides is 1. The Morgan fingerprint density at radius 2 is 2.00 bits per heavy atom. The summed E-state index contributed by atoms with van der Waals surface area (Å²) in [4.78, 5) is 14.7. The van der Waals surface area contributed by atoms with E-state index in [1.165, 1.54) is 38.8 Å². The number of aromatic nitrogens is 1. The largest absolute Gasteiger partial charge is 0.351 e. The molecule has 0 aliphatic carbocycles. The summed E-state index contributed by atoms with van der Waals surface area (Å²) in [5.74, 6) is 0.0263. The van der Waals surface area contributed by atoms with Gasteiger partial charge in [-0.05, 0) is 67.8 Å². The number of hydrogen-bond donors (Lipinski definition) is 1. The molecule has 21 heavy (non-hydrogen) atoms. The van der Waals surface area contributed by atoms with Gasteiger partial charge in [-0.15, -0.1) is 0 Å². The standard InChI is InChI=1S/C16H26BrN3O/c1-2-20-13-14(17)12-15(20)16(21)18-8-7-11-19-9-5-3-4-6-10-19/h12-13H,2-11H2,1H3,(H,18,21). The van der Waals surface area contributed by atoms with Crippen LogP contribution in [0.5, 0.6) is 0 Å². The van der Waals surface area contributed by atoms with Crippen molar-refractivity contribution in [1.82, 2.24) is 14.8 Å². The SMILES string of the molecule is CCn1cc(Br)cc1C(=O)NCCCN1CCCCCC1. The van der Waals surface area contributed by atoms with Gasteiger partial charge < -0.3 is 14.8 Å². The van der Waals surface area contributed by atoms with Crippen LogP contribution >= 0.6 is 15.9 Å². The van der Waals surface area contributed by atoms with Crippen molar-refractivity contribution in [3.8, 4) is 0 Å². The fourth-order valence-electron chi connectivity index (χ4n) is 2.88. The van der Waals surface area contributed by atoms with Gasteiger partial charge in [0, 0.05) is 23.8 Å². The van der Waals surface area contributed by atoms with E-state index in [4.69, 9.17) is 0 Å². The zero-order valence-electron chi connectivity index (χ0n) is 12.9. The monoisotopic (exact) mass is 355 g/mol. The van der Waals surface area contributed by atoms with Crippen molar-refractivity contribution in [3.63, 3.8) is 0 Å². The van der Waals surface area contributed by atoms with Crippen molar-refractivity contribution in [2.45, 2.75) is 45.6 Å². The molecular formula is C16H26BrN3O. The fourth-order valence-corrected chi connectivity index (χ4v) is 3.35. The second kappa shape index (κ2) is 8.59. The van der Waals surface area contributed by atoms with E-state index in [-0.39, 0.29) is 5.91 Å². The molecule has 0 atom stereocenters. The Morgan fingerprint density at radius 3 is 2.67 bits per heavy atom. The number of hydrogen-bond acceptors (Lipinski definition) is 2. The van der Waals surface area contributed by atoms with E-state index in [0.717, 1.165) is 36.2 Å². The Labute approximate surface area is 136 Å². The van der Waals surface area contributed by atoms with Gasteiger partial charge in [0.25, 0.3) is 5.91 Å². The Balaban J connectivity index is 1.71. The molecule has 1 aliphatic rings. The Hall–Kier alpha value is -0.810. The van der Waals surface area contributed by atoms with Crippen molar-refractivity contribution in [3.05, 3.63) is 22.4 Å². The van der Waals surface area contributed by atoms with E-state index < -0.39 is 0 Å². The van der Waals surface area contributed by atoms with Crippen molar-refractivity contribution >= 4 is 21.8 Å². The van der Waals surface area contributed by atoms with Crippen molar-refractivity contribution < 1.29 is 4.79 Å². The average molecular weight is 356 g/mol. The van der Waals surface area contributed by atoms with Crippen LogP contribution in [0.2, 0.25) is 0 Å². The number of halogens is 1. The van der Waals surface area contributed by atoms with Crippen LogP contribution in [0.15, 0.2) is 16.7 Å². The van der Waals surface area contributed by atoms with Crippen LogP contribution in [0.4, 0.5) is 0 Å².